The first-order chi connectivity index (χ1) is 16.6. The fourth-order valence-corrected chi connectivity index (χ4v) is 4.02. The summed E-state index contributed by atoms with van der Waals surface area (Å²) in [7, 11) is 0. The molecule has 0 radical (unpaired) electrons. The van der Waals surface area contributed by atoms with E-state index in [1.807, 2.05) is 36.4 Å². The SMILES string of the molecule is Cc1cccc(OCCCCn2c(CCCNC(=O)c3ccccc3F)nc3ccccc32)c1. The monoisotopic (exact) mass is 459 g/mol. The number of aromatic nitrogens is 2. The van der Waals surface area contributed by atoms with E-state index in [-0.39, 0.29) is 11.5 Å². The van der Waals surface area contributed by atoms with Crippen LogP contribution in [0.4, 0.5) is 4.39 Å². The number of hydrogen-bond donors (Lipinski definition) is 1. The fraction of sp³-hybridized carbons (Fsp3) is 0.286. The van der Waals surface area contributed by atoms with Gasteiger partial charge in [-0.1, -0.05) is 36.4 Å². The zero-order valence-corrected chi connectivity index (χ0v) is 19.5. The van der Waals surface area contributed by atoms with Crippen molar-refractivity contribution in [1.82, 2.24) is 14.9 Å². The molecule has 6 heteroatoms. The number of para-hydroxylation sites is 2. The number of nitrogens with zero attached hydrogens (tertiary/aromatic N) is 2. The van der Waals surface area contributed by atoms with E-state index in [0.717, 1.165) is 54.8 Å². The quantitative estimate of drug-likeness (QED) is 0.293. The fourth-order valence-electron chi connectivity index (χ4n) is 4.02. The number of unbranched alkanes of at least 4 members (excludes halogenated alkanes) is 1. The molecule has 0 unspecified atom stereocenters. The first-order valence-electron chi connectivity index (χ1n) is 11.8. The van der Waals surface area contributed by atoms with Gasteiger partial charge in [0.1, 0.15) is 17.4 Å². The lowest BCUT2D eigenvalue weighted by Crippen LogP contribution is -2.25. The summed E-state index contributed by atoms with van der Waals surface area (Å²) in [6.45, 7) is 4.05. The third-order valence-corrected chi connectivity index (χ3v) is 5.75. The van der Waals surface area contributed by atoms with Crippen molar-refractivity contribution in [3.63, 3.8) is 0 Å². The van der Waals surface area contributed by atoms with E-state index in [9.17, 15) is 9.18 Å². The Balaban J connectivity index is 1.30. The average molecular weight is 460 g/mol. The van der Waals surface area contributed by atoms with Crippen LogP contribution in [0.1, 0.15) is 41.0 Å². The molecule has 1 heterocycles. The molecule has 3 aromatic carbocycles. The van der Waals surface area contributed by atoms with Crippen molar-refractivity contribution in [2.75, 3.05) is 13.2 Å². The average Bonchev–Trinajstić information content (AvgIpc) is 3.19. The minimum atomic E-state index is -0.506. The largest absolute Gasteiger partial charge is 0.494 e. The summed E-state index contributed by atoms with van der Waals surface area (Å²) in [6.07, 6.45) is 3.37. The second kappa shape index (κ2) is 11.5. The van der Waals surface area contributed by atoms with E-state index >= 15 is 0 Å². The van der Waals surface area contributed by atoms with Gasteiger partial charge in [-0.2, -0.15) is 0 Å². The van der Waals surface area contributed by atoms with Crippen LogP contribution >= 0.6 is 0 Å². The van der Waals surface area contributed by atoms with Crippen LogP contribution in [0.3, 0.4) is 0 Å². The predicted octanol–water partition coefficient (Wildman–Crippen LogP) is 5.71. The Morgan fingerprint density at radius 1 is 1.00 bits per heavy atom. The molecule has 0 atom stereocenters. The van der Waals surface area contributed by atoms with Crippen LogP contribution in [0.2, 0.25) is 0 Å². The number of carbonyl (C=O) groups is 1. The summed E-state index contributed by atoms with van der Waals surface area (Å²) >= 11 is 0. The number of hydrogen-bond acceptors (Lipinski definition) is 3. The van der Waals surface area contributed by atoms with Crippen molar-refractivity contribution in [3.8, 4) is 5.75 Å². The Hall–Kier alpha value is -3.67. The summed E-state index contributed by atoms with van der Waals surface area (Å²) < 4.78 is 21.9. The van der Waals surface area contributed by atoms with Crippen molar-refractivity contribution in [3.05, 3.63) is 95.6 Å². The molecule has 176 valence electrons. The van der Waals surface area contributed by atoms with Crippen LogP contribution in [0, 0.1) is 12.7 Å². The number of aryl methyl sites for hydroxylation is 3. The maximum absolute atomic E-state index is 13.8. The van der Waals surface area contributed by atoms with Crippen LogP contribution in [0.15, 0.2) is 72.8 Å². The van der Waals surface area contributed by atoms with Crippen LogP contribution in [-0.2, 0) is 13.0 Å². The van der Waals surface area contributed by atoms with Gasteiger partial charge in [-0.05, 0) is 68.1 Å². The van der Waals surface area contributed by atoms with Gasteiger partial charge in [-0.3, -0.25) is 4.79 Å². The lowest BCUT2D eigenvalue weighted by Gasteiger charge is -2.11. The Morgan fingerprint density at radius 2 is 1.82 bits per heavy atom. The lowest BCUT2D eigenvalue weighted by atomic mass is 10.2. The third kappa shape index (κ3) is 6.01. The minimum absolute atomic E-state index is 0.0719. The molecule has 1 N–H and O–H groups in total. The second-order valence-electron chi connectivity index (χ2n) is 8.38. The van der Waals surface area contributed by atoms with E-state index in [1.54, 1.807) is 12.1 Å². The highest BCUT2D eigenvalue weighted by atomic mass is 19.1. The third-order valence-electron chi connectivity index (χ3n) is 5.75. The number of ether oxygens (including phenoxy) is 1. The molecule has 0 fully saturated rings. The number of imidazole rings is 1. The van der Waals surface area contributed by atoms with Crippen molar-refractivity contribution < 1.29 is 13.9 Å². The van der Waals surface area contributed by atoms with Crippen LogP contribution in [0.25, 0.3) is 11.0 Å². The minimum Gasteiger partial charge on any atom is -0.494 e. The standard InChI is InChI=1S/C28H30FN3O2/c1-21-10-8-11-22(20-21)34-19-7-6-18-32-26-15-5-4-14-25(26)31-27(32)16-9-17-30-28(33)23-12-2-3-13-24(23)29/h2-5,8,10-15,20H,6-7,9,16-19H2,1H3,(H,30,33). The number of benzene rings is 3. The highest BCUT2D eigenvalue weighted by Crippen LogP contribution is 2.19. The van der Waals surface area contributed by atoms with Crippen molar-refractivity contribution in [1.29, 1.82) is 0 Å². The van der Waals surface area contributed by atoms with Gasteiger partial charge in [0, 0.05) is 19.5 Å². The van der Waals surface area contributed by atoms with Crippen molar-refractivity contribution >= 4 is 16.9 Å². The number of rotatable bonds is 11. The van der Waals surface area contributed by atoms with E-state index in [0.29, 0.717) is 13.2 Å². The zero-order valence-electron chi connectivity index (χ0n) is 19.5. The second-order valence-corrected chi connectivity index (χ2v) is 8.38. The summed E-state index contributed by atoms with van der Waals surface area (Å²) in [5, 5.41) is 2.81. The number of fused-ring (bicyclic) bond motifs is 1. The lowest BCUT2D eigenvalue weighted by molar-refractivity contribution is 0.0949. The Kier molecular flexibility index (Phi) is 7.91. The Bertz CT molecular complexity index is 1250. The van der Waals surface area contributed by atoms with Crippen LogP contribution in [-0.4, -0.2) is 28.6 Å². The van der Waals surface area contributed by atoms with Gasteiger partial charge in [-0.25, -0.2) is 9.37 Å². The van der Waals surface area contributed by atoms with E-state index < -0.39 is 5.82 Å². The van der Waals surface area contributed by atoms with Crippen molar-refractivity contribution in [2.45, 2.75) is 39.2 Å². The first kappa shape index (κ1) is 23.5. The van der Waals surface area contributed by atoms with Gasteiger partial charge in [-0.15, -0.1) is 0 Å². The molecular weight excluding hydrogens is 429 g/mol. The summed E-state index contributed by atoms with van der Waals surface area (Å²) in [4.78, 5) is 17.0. The van der Waals surface area contributed by atoms with E-state index in [4.69, 9.17) is 9.72 Å². The highest BCUT2D eigenvalue weighted by Gasteiger charge is 2.12. The molecule has 4 rings (SSSR count). The summed E-state index contributed by atoms with van der Waals surface area (Å²) in [6, 6.07) is 22.3. The Labute approximate surface area is 199 Å². The number of halogens is 1. The van der Waals surface area contributed by atoms with Gasteiger partial charge in [0.2, 0.25) is 0 Å². The molecule has 5 nitrogen and oxygen atoms in total. The molecule has 0 saturated carbocycles. The maximum Gasteiger partial charge on any atom is 0.254 e. The van der Waals surface area contributed by atoms with Crippen LogP contribution < -0.4 is 10.1 Å². The van der Waals surface area contributed by atoms with Gasteiger partial charge >= 0.3 is 0 Å². The molecular formula is C28H30FN3O2. The van der Waals surface area contributed by atoms with Gasteiger partial charge < -0.3 is 14.6 Å². The molecule has 0 bridgehead atoms. The molecule has 0 aliphatic rings. The van der Waals surface area contributed by atoms with Gasteiger partial charge in [0.15, 0.2) is 0 Å². The number of carbonyl (C=O) groups excluding carboxylic acids is 1. The van der Waals surface area contributed by atoms with Crippen molar-refractivity contribution in [2.24, 2.45) is 0 Å². The molecule has 1 amide bonds. The number of nitrogens with one attached hydrogen (secondary N) is 1. The van der Waals surface area contributed by atoms with Gasteiger partial charge in [0.25, 0.3) is 5.91 Å². The molecule has 0 spiro atoms. The predicted molar refractivity (Wildman–Crippen MR) is 133 cm³/mol. The zero-order chi connectivity index (χ0) is 23.8. The van der Waals surface area contributed by atoms with Crippen LogP contribution in [0.5, 0.6) is 5.75 Å². The molecule has 4 aromatic rings. The first-order valence-corrected chi connectivity index (χ1v) is 11.8. The smallest absolute Gasteiger partial charge is 0.254 e. The summed E-state index contributed by atoms with van der Waals surface area (Å²) in [5.74, 6) is 1.01. The highest BCUT2D eigenvalue weighted by molar-refractivity contribution is 5.94. The van der Waals surface area contributed by atoms with Gasteiger partial charge in [0.05, 0.1) is 23.2 Å². The summed E-state index contributed by atoms with van der Waals surface area (Å²) in [5.41, 5.74) is 3.36. The Morgan fingerprint density at radius 3 is 2.68 bits per heavy atom. The van der Waals surface area contributed by atoms with E-state index in [1.165, 1.54) is 17.7 Å². The molecule has 0 saturated heterocycles. The number of amides is 1. The normalized spacial score (nSPS) is 11.0. The maximum atomic E-state index is 13.8. The van der Waals surface area contributed by atoms with E-state index in [2.05, 4.69) is 28.9 Å². The molecule has 0 aliphatic carbocycles. The molecule has 1 aromatic heterocycles. The molecule has 0 aliphatic heterocycles. The molecule has 34 heavy (non-hydrogen) atoms. The topological polar surface area (TPSA) is 56.1 Å².